The van der Waals surface area contributed by atoms with Gasteiger partial charge in [0.2, 0.25) is 21.8 Å². The fourth-order valence-corrected chi connectivity index (χ4v) is 4.47. The molecule has 0 saturated carbocycles. The number of anilines is 1. The van der Waals surface area contributed by atoms with Gasteiger partial charge in [0.25, 0.3) is 0 Å². The number of sulfonamides is 1. The second-order valence-corrected chi connectivity index (χ2v) is 10.5. The van der Waals surface area contributed by atoms with Crippen LogP contribution in [-0.2, 0) is 26.2 Å². The van der Waals surface area contributed by atoms with Crippen LogP contribution in [0.2, 0.25) is 10.0 Å². The summed E-state index contributed by atoms with van der Waals surface area (Å²) in [6.07, 6.45) is 0.988. The van der Waals surface area contributed by atoms with Crippen molar-refractivity contribution in [3.63, 3.8) is 0 Å². The first-order chi connectivity index (χ1) is 14.9. The van der Waals surface area contributed by atoms with Crippen LogP contribution in [0.4, 0.5) is 5.69 Å². The van der Waals surface area contributed by atoms with E-state index in [9.17, 15) is 18.0 Å². The molecule has 0 aliphatic rings. The number of hydrogen-bond donors (Lipinski definition) is 1. The van der Waals surface area contributed by atoms with Gasteiger partial charge in [-0.1, -0.05) is 53.5 Å². The summed E-state index contributed by atoms with van der Waals surface area (Å²) in [6.45, 7) is 4.87. The Bertz CT molecular complexity index is 1060. The Kier molecular flexibility index (Phi) is 8.95. The molecule has 0 spiro atoms. The van der Waals surface area contributed by atoms with E-state index in [-0.39, 0.29) is 29.2 Å². The van der Waals surface area contributed by atoms with E-state index in [1.165, 1.54) is 23.1 Å². The Hall–Kier alpha value is -2.29. The van der Waals surface area contributed by atoms with E-state index in [1.54, 1.807) is 6.92 Å². The number of carbonyl (C=O) groups is 2. The maximum absolute atomic E-state index is 13.4. The van der Waals surface area contributed by atoms with E-state index < -0.39 is 28.5 Å². The quantitative estimate of drug-likeness (QED) is 0.569. The molecule has 7 nitrogen and oxygen atoms in total. The molecule has 0 radical (unpaired) electrons. The van der Waals surface area contributed by atoms with Gasteiger partial charge < -0.3 is 10.2 Å². The summed E-state index contributed by atoms with van der Waals surface area (Å²) < 4.78 is 26.0. The average molecular weight is 500 g/mol. The zero-order valence-corrected chi connectivity index (χ0v) is 20.7. The Morgan fingerprint density at radius 2 is 1.66 bits per heavy atom. The van der Waals surface area contributed by atoms with Crippen molar-refractivity contribution in [2.75, 3.05) is 17.1 Å². The van der Waals surface area contributed by atoms with Crippen molar-refractivity contribution >= 4 is 50.7 Å². The summed E-state index contributed by atoms with van der Waals surface area (Å²) >= 11 is 12.1. The van der Waals surface area contributed by atoms with Crippen LogP contribution in [0.5, 0.6) is 0 Å². The molecule has 0 heterocycles. The summed E-state index contributed by atoms with van der Waals surface area (Å²) in [7, 11) is -3.86. The Balaban J connectivity index is 2.40. The maximum atomic E-state index is 13.4. The van der Waals surface area contributed by atoms with Crippen molar-refractivity contribution in [2.24, 2.45) is 0 Å². The van der Waals surface area contributed by atoms with Gasteiger partial charge in [-0.3, -0.25) is 13.9 Å². The topological polar surface area (TPSA) is 86.8 Å². The van der Waals surface area contributed by atoms with Crippen LogP contribution < -0.4 is 9.62 Å². The third kappa shape index (κ3) is 7.12. The number of amides is 2. The largest absolute Gasteiger partial charge is 0.352 e. The minimum absolute atomic E-state index is 0.0935. The van der Waals surface area contributed by atoms with Crippen molar-refractivity contribution in [1.82, 2.24) is 10.2 Å². The van der Waals surface area contributed by atoms with Crippen LogP contribution in [-0.4, -0.2) is 50.0 Å². The van der Waals surface area contributed by atoms with Gasteiger partial charge in [-0.25, -0.2) is 8.42 Å². The monoisotopic (exact) mass is 499 g/mol. The molecule has 0 unspecified atom stereocenters. The van der Waals surface area contributed by atoms with E-state index in [4.69, 9.17) is 23.2 Å². The highest BCUT2D eigenvalue weighted by atomic mass is 35.5. The predicted molar refractivity (Wildman–Crippen MR) is 128 cm³/mol. The molecule has 2 aromatic carbocycles. The maximum Gasteiger partial charge on any atom is 0.244 e. The molecule has 0 bridgehead atoms. The lowest BCUT2D eigenvalue weighted by atomic mass is 10.1. The Labute approximate surface area is 199 Å². The highest BCUT2D eigenvalue weighted by Gasteiger charge is 2.31. The lowest BCUT2D eigenvalue weighted by Crippen LogP contribution is -2.52. The third-order valence-corrected chi connectivity index (χ3v) is 6.32. The standard InChI is InChI=1S/C22H27Cl2N3O4S/c1-15(2)25-22(29)16(3)26(13-17-8-6-5-7-9-17)21(28)14-27(32(4,30)31)20-11-10-18(23)12-19(20)24/h5-12,15-16H,13-14H2,1-4H3,(H,25,29)/t16-/m1/s1. The second-order valence-electron chi connectivity index (χ2n) is 7.71. The minimum atomic E-state index is -3.86. The molecular formula is C22H27Cl2N3O4S. The van der Waals surface area contributed by atoms with Gasteiger partial charge in [0, 0.05) is 17.6 Å². The summed E-state index contributed by atoms with van der Waals surface area (Å²) in [5, 5.41) is 3.22. The van der Waals surface area contributed by atoms with Crippen molar-refractivity contribution in [2.45, 2.75) is 39.4 Å². The fraction of sp³-hybridized carbons (Fsp3) is 0.364. The van der Waals surface area contributed by atoms with Crippen LogP contribution in [0.3, 0.4) is 0 Å². The van der Waals surface area contributed by atoms with Gasteiger partial charge in [0.15, 0.2) is 0 Å². The molecule has 0 aliphatic heterocycles. The Morgan fingerprint density at radius 1 is 1.03 bits per heavy atom. The molecular weight excluding hydrogens is 473 g/mol. The van der Waals surface area contributed by atoms with Crippen molar-refractivity contribution in [3.8, 4) is 0 Å². The highest BCUT2D eigenvalue weighted by Crippen LogP contribution is 2.30. The van der Waals surface area contributed by atoms with Crippen LogP contribution in [0.25, 0.3) is 0 Å². The summed E-state index contributed by atoms with van der Waals surface area (Å²) in [6, 6.07) is 12.6. The summed E-state index contributed by atoms with van der Waals surface area (Å²) in [5.74, 6) is -0.878. The number of nitrogens with one attached hydrogen (secondary N) is 1. The molecule has 0 aromatic heterocycles. The predicted octanol–water partition coefficient (Wildman–Crippen LogP) is 3.70. The molecule has 10 heteroatoms. The average Bonchev–Trinajstić information content (AvgIpc) is 2.69. The number of rotatable bonds is 9. The van der Waals surface area contributed by atoms with Gasteiger partial charge in [-0.2, -0.15) is 0 Å². The molecule has 2 rings (SSSR count). The molecule has 32 heavy (non-hydrogen) atoms. The molecule has 174 valence electrons. The lowest BCUT2D eigenvalue weighted by Gasteiger charge is -2.32. The minimum Gasteiger partial charge on any atom is -0.352 e. The lowest BCUT2D eigenvalue weighted by molar-refractivity contribution is -0.139. The number of carbonyl (C=O) groups excluding carboxylic acids is 2. The van der Waals surface area contributed by atoms with E-state index in [0.29, 0.717) is 5.02 Å². The normalized spacial score (nSPS) is 12.3. The summed E-state index contributed by atoms with van der Waals surface area (Å²) in [5.41, 5.74) is 0.936. The smallest absolute Gasteiger partial charge is 0.244 e. The van der Waals surface area contributed by atoms with Crippen LogP contribution in [0.15, 0.2) is 48.5 Å². The van der Waals surface area contributed by atoms with Crippen LogP contribution in [0, 0.1) is 0 Å². The van der Waals surface area contributed by atoms with Crippen molar-refractivity contribution in [3.05, 3.63) is 64.1 Å². The molecule has 0 fully saturated rings. The first kappa shape index (κ1) is 26.0. The van der Waals surface area contributed by atoms with Crippen LogP contribution >= 0.6 is 23.2 Å². The molecule has 0 aliphatic carbocycles. The van der Waals surface area contributed by atoms with Crippen molar-refractivity contribution in [1.29, 1.82) is 0 Å². The molecule has 0 saturated heterocycles. The van der Waals surface area contributed by atoms with E-state index >= 15 is 0 Å². The van der Waals surface area contributed by atoms with Crippen molar-refractivity contribution < 1.29 is 18.0 Å². The van der Waals surface area contributed by atoms with E-state index in [0.717, 1.165) is 16.1 Å². The number of nitrogens with zero attached hydrogens (tertiary/aromatic N) is 2. The van der Waals surface area contributed by atoms with E-state index in [2.05, 4.69) is 5.32 Å². The zero-order chi connectivity index (χ0) is 24.1. The van der Waals surface area contributed by atoms with Gasteiger partial charge in [0.05, 0.1) is 17.0 Å². The summed E-state index contributed by atoms with van der Waals surface area (Å²) in [4.78, 5) is 27.4. The van der Waals surface area contributed by atoms with E-state index in [1.807, 2.05) is 44.2 Å². The van der Waals surface area contributed by atoms with Gasteiger partial charge in [-0.15, -0.1) is 0 Å². The van der Waals surface area contributed by atoms with Gasteiger partial charge in [0.1, 0.15) is 12.6 Å². The first-order valence-electron chi connectivity index (χ1n) is 9.96. The molecule has 2 aromatic rings. The number of halogens is 2. The first-order valence-corrected chi connectivity index (χ1v) is 12.6. The van der Waals surface area contributed by atoms with Crippen LogP contribution in [0.1, 0.15) is 26.3 Å². The molecule has 2 amide bonds. The SMILES string of the molecule is CC(C)NC(=O)[C@@H](C)N(Cc1ccccc1)C(=O)CN(c1ccc(Cl)cc1Cl)S(C)(=O)=O. The number of hydrogen-bond acceptors (Lipinski definition) is 4. The van der Waals surface area contributed by atoms with Gasteiger partial charge in [-0.05, 0) is 44.5 Å². The highest BCUT2D eigenvalue weighted by molar-refractivity contribution is 7.92. The third-order valence-electron chi connectivity index (χ3n) is 4.65. The van der Waals surface area contributed by atoms with Gasteiger partial charge >= 0.3 is 0 Å². The Morgan fingerprint density at radius 3 is 2.19 bits per heavy atom. The zero-order valence-electron chi connectivity index (χ0n) is 18.4. The molecule has 1 atom stereocenters. The second kappa shape index (κ2) is 11.0. The fourth-order valence-electron chi connectivity index (χ4n) is 3.05. The number of benzene rings is 2. The molecule has 1 N–H and O–H groups in total.